The van der Waals surface area contributed by atoms with Crippen LogP contribution in [0.1, 0.15) is 54.4 Å². The van der Waals surface area contributed by atoms with Crippen molar-refractivity contribution >= 4 is 23.1 Å². The molecule has 0 saturated carbocycles. The lowest BCUT2D eigenvalue weighted by molar-refractivity contribution is -0.127. The highest BCUT2D eigenvalue weighted by atomic mass is 35.5. The van der Waals surface area contributed by atoms with Gasteiger partial charge in [0.15, 0.2) is 5.82 Å². The highest BCUT2D eigenvalue weighted by Gasteiger charge is 2.26. The van der Waals surface area contributed by atoms with E-state index in [1.54, 1.807) is 19.9 Å². The number of aromatic nitrogens is 6. The van der Waals surface area contributed by atoms with Crippen LogP contribution in [0.25, 0.3) is 5.57 Å². The van der Waals surface area contributed by atoms with Gasteiger partial charge in [-0.25, -0.2) is 0 Å². The lowest BCUT2D eigenvalue weighted by atomic mass is 9.96. The first-order valence-electron chi connectivity index (χ1n) is 10.2. The number of hydrogen-bond acceptors (Lipinski definition) is 7. The van der Waals surface area contributed by atoms with Gasteiger partial charge in [-0.3, -0.25) is 4.79 Å². The van der Waals surface area contributed by atoms with E-state index in [0.717, 1.165) is 29.5 Å². The van der Waals surface area contributed by atoms with Gasteiger partial charge in [0.2, 0.25) is 17.7 Å². The molecule has 4 rings (SSSR count). The van der Waals surface area contributed by atoms with Gasteiger partial charge in [0.05, 0.1) is 6.54 Å². The fourth-order valence-corrected chi connectivity index (χ4v) is 3.99. The Hall–Kier alpha value is -3.07. The third kappa shape index (κ3) is 4.99. The summed E-state index contributed by atoms with van der Waals surface area (Å²) in [6.07, 6.45) is 3.30. The molecular weight excluding hydrogens is 418 g/mol. The van der Waals surface area contributed by atoms with Gasteiger partial charge >= 0.3 is 0 Å². The smallest absolute Gasteiger partial charge is 0.246 e. The zero-order valence-electron chi connectivity index (χ0n) is 17.7. The lowest BCUT2D eigenvalue weighted by Gasteiger charge is -2.29. The average molecular weight is 442 g/mol. The highest BCUT2D eigenvalue weighted by molar-refractivity contribution is 6.30. The Bertz CT molecular complexity index is 1110. The number of likely N-dealkylation sites (tertiary alicyclic amines) is 1. The van der Waals surface area contributed by atoms with Gasteiger partial charge < -0.3 is 9.32 Å². The molecule has 1 aliphatic heterocycles. The van der Waals surface area contributed by atoms with E-state index in [2.05, 4.69) is 25.6 Å². The van der Waals surface area contributed by atoms with Crippen LogP contribution in [0.5, 0.6) is 0 Å². The van der Waals surface area contributed by atoms with Crippen molar-refractivity contribution in [2.75, 3.05) is 13.1 Å². The summed E-state index contributed by atoms with van der Waals surface area (Å²) in [5, 5.41) is 20.8. The summed E-state index contributed by atoms with van der Waals surface area (Å²) in [6, 6.07) is 5.61. The van der Waals surface area contributed by atoms with Crippen molar-refractivity contribution in [2.45, 2.75) is 46.1 Å². The standard InChI is InChI=1S/C21H24ClN7O2/c1-13(19-5-4-18(22)11-17(19)12-29-26-14(2)23-27-29)10-20(30)28-8-6-16(7-9-28)21-25-24-15(3)31-21/h4-5,10-11,16H,6-9,12H2,1-3H3/b13-10-. The monoisotopic (exact) mass is 441 g/mol. The van der Waals surface area contributed by atoms with E-state index in [1.807, 2.05) is 30.0 Å². The summed E-state index contributed by atoms with van der Waals surface area (Å²) >= 11 is 6.21. The Labute approximate surface area is 185 Å². The maximum Gasteiger partial charge on any atom is 0.246 e. The average Bonchev–Trinajstić information content (AvgIpc) is 3.36. The molecule has 1 amide bonds. The van der Waals surface area contributed by atoms with Crippen LogP contribution >= 0.6 is 11.6 Å². The number of halogens is 1. The summed E-state index contributed by atoms with van der Waals surface area (Å²) in [5.41, 5.74) is 2.73. The number of piperidine rings is 1. The van der Waals surface area contributed by atoms with Crippen molar-refractivity contribution in [1.82, 2.24) is 35.3 Å². The number of rotatable bonds is 5. The molecular formula is C21H24ClN7O2. The molecule has 10 heteroatoms. The first-order valence-corrected chi connectivity index (χ1v) is 10.6. The van der Waals surface area contributed by atoms with Crippen molar-refractivity contribution in [3.05, 3.63) is 58.0 Å². The maximum atomic E-state index is 12.9. The summed E-state index contributed by atoms with van der Waals surface area (Å²) in [4.78, 5) is 16.3. The van der Waals surface area contributed by atoms with Crippen LogP contribution in [0.15, 0.2) is 28.7 Å². The largest absolute Gasteiger partial charge is 0.425 e. The van der Waals surface area contributed by atoms with Crippen molar-refractivity contribution < 1.29 is 9.21 Å². The second-order valence-corrected chi connectivity index (χ2v) is 8.19. The van der Waals surface area contributed by atoms with E-state index in [-0.39, 0.29) is 11.8 Å². The minimum Gasteiger partial charge on any atom is -0.425 e. The first-order chi connectivity index (χ1) is 14.9. The molecule has 0 N–H and O–H groups in total. The predicted octanol–water partition coefficient (Wildman–Crippen LogP) is 3.18. The molecule has 0 aliphatic carbocycles. The molecule has 0 atom stereocenters. The highest BCUT2D eigenvalue weighted by Crippen LogP contribution is 2.28. The second-order valence-electron chi connectivity index (χ2n) is 7.75. The number of carbonyl (C=O) groups is 1. The lowest BCUT2D eigenvalue weighted by Crippen LogP contribution is -2.37. The zero-order chi connectivity index (χ0) is 22.0. The van der Waals surface area contributed by atoms with E-state index >= 15 is 0 Å². The van der Waals surface area contributed by atoms with Crippen molar-refractivity contribution in [2.24, 2.45) is 0 Å². The SMILES string of the molecule is C/C(=C/C(=O)N1CCC(c2nnc(C)o2)CC1)c1ccc(Cl)cc1Cn1nnc(C)n1. The topological polar surface area (TPSA) is 103 Å². The van der Waals surface area contributed by atoms with Crippen LogP contribution in [0.2, 0.25) is 5.02 Å². The molecule has 1 aliphatic rings. The van der Waals surface area contributed by atoms with Crippen LogP contribution in [0, 0.1) is 13.8 Å². The number of allylic oxidation sites excluding steroid dienone is 1. The number of hydrogen-bond donors (Lipinski definition) is 0. The van der Waals surface area contributed by atoms with Crippen molar-refractivity contribution in [1.29, 1.82) is 0 Å². The third-order valence-electron chi connectivity index (χ3n) is 5.39. The fraction of sp³-hybridized carbons (Fsp3) is 0.429. The van der Waals surface area contributed by atoms with Gasteiger partial charge in [0.25, 0.3) is 0 Å². The molecule has 31 heavy (non-hydrogen) atoms. The number of carbonyl (C=O) groups excluding carboxylic acids is 1. The van der Waals surface area contributed by atoms with Crippen LogP contribution in [-0.4, -0.2) is 54.3 Å². The fourth-order valence-electron chi connectivity index (χ4n) is 3.80. The molecule has 9 nitrogen and oxygen atoms in total. The van der Waals surface area contributed by atoms with Crippen LogP contribution in [0.3, 0.4) is 0 Å². The Morgan fingerprint density at radius 2 is 2.00 bits per heavy atom. The van der Waals surface area contributed by atoms with Crippen LogP contribution in [-0.2, 0) is 11.3 Å². The Morgan fingerprint density at radius 1 is 1.23 bits per heavy atom. The maximum absolute atomic E-state index is 12.9. The number of amides is 1. The van der Waals surface area contributed by atoms with E-state index in [4.69, 9.17) is 16.0 Å². The van der Waals surface area contributed by atoms with E-state index in [1.165, 1.54) is 4.80 Å². The molecule has 162 valence electrons. The van der Waals surface area contributed by atoms with Gasteiger partial charge in [-0.05, 0) is 60.7 Å². The molecule has 0 radical (unpaired) electrons. The quantitative estimate of drug-likeness (QED) is 0.560. The zero-order valence-corrected chi connectivity index (χ0v) is 18.5. The van der Waals surface area contributed by atoms with Crippen LogP contribution < -0.4 is 0 Å². The minimum atomic E-state index is -0.00622. The molecule has 1 aromatic carbocycles. The first kappa shape index (κ1) is 21.2. The number of benzene rings is 1. The Balaban J connectivity index is 1.46. The minimum absolute atomic E-state index is 0.00622. The molecule has 1 fully saturated rings. The normalized spacial score (nSPS) is 15.5. The number of nitrogens with zero attached hydrogens (tertiary/aromatic N) is 7. The van der Waals surface area contributed by atoms with Gasteiger partial charge in [0, 0.05) is 37.0 Å². The van der Waals surface area contributed by atoms with Gasteiger partial charge in [0.1, 0.15) is 0 Å². The van der Waals surface area contributed by atoms with E-state index in [9.17, 15) is 4.79 Å². The van der Waals surface area contributed by atoms with Crippen LogP contribution in [0.4, 0.5) is 0 Å². The van der Waals surface area contributed by atoms with E-state index in [0.29, 0.717) is 42.3 Å². The second kappa shape index (κ2) is 8.97. The van der Waals surface area contributed by atoms with E-state index < -0.39 is 0 Å². The predicted molar refractivity (Wildman–Crippen MR) is 114 cm³/mol. The molecule has 0 unspecified atom stereocenters. The molecule has 1 saturated heterocycles. The Kier molecular flexibility index (Phi) is 6.13. The van der Waals surface area contributed by atoms with Gasteiger partial charge in [-0.15, -0.1) is 20.4 Å². The Morgan fingerprint density at radius 3 is 2.65 bits per heavy atom. The molecule has 0 spiro atoms. The number of tetrazole rings is 1. The summed E-state index contributed by atoms with van der Waals surface area (Å²) in [6.45, 7) is 7.24. The number of aryl methyl sites for hydroxylation is 2. The summed E-state index contributed by atoms with van der Waals surface area (Å²) in [5.74, 6) is 2.04. The summed E-state index contributed by atoms with van der Waals surface area (Å²) in [7, 11) is 0. The molecule has 3 heterocycles. The van der Waals surface area contributed by atoms with Crippen molar-refractivity contribution in [3.8, 4) is 0 Å². The molecule has 0 bridgehead atoms. The van der Waals surface area contributed by atoms with Gasteiger partial charge in [-0.2, -0.15) is 4.80 Å². The summed E-state index contributed by atoms with van der Waals surface area (Å²) < 4.78 is 5.55. The molecule has 2 aromatic heterocycles. The van der Waals surface area contributed by atoms with Crippen molar-refractivity contribution in [3.63, 3.8) is 0 Å². The molecule has 3 aromatic rings. The van der Waals surface area contributed by atoms with Gasteiger partial charge in [-0.1, -0.05) is 17.7 Å². The third-order valence-corrected chi connectivity index (χ3v) is 5.63.